The summed E-state index contributed by atoms with van der Waals surface area (Å²) in [6, 6.07) is 5.24. The smallest absolute Gasteiger partial charge is 0.361 e. The quantitative estimate of drug-likeness (QED) is 0.785. The topological polar surface area (TPSA) is 52.1 Å². The van der Waals surface area contributed by atoms with Crippen LogP contribution in [-0.4, -0.2) is 22.2 Å². The van der Waals surface area contributed by atoms with E-state index in [1.807, 2.05) is 6.07 Å². The molecule has 0 saturated heterocycles. The Bertz CT molecular complexity index is 604. The first-order valence-corrected chi connectivity index (χ1v) is 7.58. The molecular weight excluding hydrogens is 327 g/mol. The summed E-state index contributed by atoms with van der Waals surface area (Å²) >= 11 is 14.3. The summed E-state index contributed by atoms with van der Waals surface area (Å²) in [5.74, 6) is -0.473. The first kappa shape index (κ1) is 14.6. The standard InChI is InChI=1S/C11H8Cl2N2O2S2/c1-2-17-10(16)9-11(19-15-14-9)18-6-3-4-7(12)8(13)5-6/h3-5H,2H2,1H3. The number of carbonyl (C=O) groups is 1. The van der Waals surface area contributed by atoms with E-state index in [0.29, 0.717) is 20.9 Å². The zero-order valence-corrected chi connectivity index (χ0v) is 12.9. The lowest BCUT2D eigenvalue weighted by Gasteiger charge is -2.02. The molecule has 4 nitrogen and oxygen atoms in total. The van der Waals surface area contributed by atoms with Crippen molar-refractivity contribution >= 4 is 52.5 Å². The van der Waals surface area contributed by atoms with Gasteiger partial charge in [0.1, 0.15) is 4.21 Å². The van der Waals surface area contributed by atoms with Crippen LogP contribution in [0.5, 0.6) is 0 Å². The van der Waals surface area contributed by atoms with Crippen LogP contribution in [0.4, 0.5) is 0 Å². The second kappa shape index (κ2) is 6.56. The van der Waals surface area contributed by atoms with Crippen molar-refractivity contribution < 1.29 is 9.53 Å². The van der Waals surface area contributed by atoms with Crippen LogP contribution in [0.15, 0.2) is 27.3 Å². The van der Waals surface area contributed by atoms with Crippen molar-refractivity contribution in [3.8, 4) is 0 Å². The van der Waals surface area contributed by atoms with Crippen molar-refractivity contribution in [2.75, 3.05) is 6.61 Å². The molecule has 0 aliphatic rings. The average molecular weight is 335 g/mol. The first-order valence-electron chi connectivity index (χ1n) is 5.24. The van der Waals surface area contributed by atoms with Gasteiger partial charge in [-0.25, -0.2) is 4.79 Å². The van der Waals surface area contributed by atoms with Crippen LogP contribution in [0.3, 0.4) is 0 Å². The second-order valence-corrected chi connectivity index (χ2v) is 6.22. The molecule has 0 aliphatic carbocycles. The van der Waals surface area contributed by atoms with E-state index in [1.54, 1.807) is 19.1 Å². The molecule has 1 aromatic heterocycles. The average Bonchev–Trinajstić information content (AvgIpc) is 2.82. The van der Waals surface area contributed by atoms with Crippen molar-refractivity contribution in [1.29, 1.82) is 0 Å². The molecule has 0 unspecified atom stereocenters. The molecule has 2 rings (SSSR count). The molecule has 0 aliphatic heterocycles. The van der Waals surface area contributed by atoms with E-state index in [1.165, 1.54) is 11.8 Å². The van der Waals surface area contributed by atoms with Crippen molar-refractivity contribution in [1.82, 2.24) is 9.59 Å². The van der Waals surface area contributed by atoms with Gasteiger partial charge in [0.15, 0.2) is 5.69 Å². The van der Waals surface area contributed by atoms with Crippen LogP contribution < -0.4 is 0 Å². The fraction of sp³-hybridized carbons (Fsp3) is 0.182. The SMILES string of the molecule is CCOC(=O)c1nnsc1Sc1ccc(Cl)c(Cl)c1. The van der Waals surface area contributed by atoms with Crippen LogP contribution in [0.1, 0.15) is 17.4 Å². The van der Waals surface area contributed by atoms with E-state index in [-0.39, 0.29) is 5.69 Å². The van der Waals surface area contributed by atoms with Crippen molar-refractivity contribution in [3.05, 3.63) is 33.9 Å². The number of hydrogen-bond donors (Lipinski definition) is 0. The predicted molar refractivity (Wildman–Crippen MR) is 76.5 cm³/mol. The van der Waals surface area contributed by atoms with Gasteiger partial charge in [0, 0.05) is 4.90 Å². The molecule has 0 bridgehead atoms. The molecule has 100 valence electrons. The molecule has 0 N–H and O–H groups in total. The van der Waals surface area contributed by atoms with Gasteiger partial charge >= 0.3 is 5.97 Å². The van der Waals surface area contributed by atoms with Gasteiger partial charge in [-0.05, 0) is 36.7 Å². The van der Waals surface area contributed by atoms with Crippen LogP contribution in [-0.2, 0) is 4.74 Å². The molecule has 2 aromatic rings. The molecular formula is C11H8Cl2N2O2S2. The maximum atomic E-state index is 11.7. The molecule has 1 aromatic carbocycles. The zero-order chi connectivity index (χ0) is 13.8. The van der Waals surface area contributed by atoms with E-state index >= 15 is 0 Å². The Morgan fingerprint density at radius 1 is 1.42 bits per heavy atom. The molecule has 0 saturated carbocycles. The summed E-state index contributed by atoms with van der Waals surface area (Å²) in [5.41, 5.74) is 0.225. The van der Waals surface area contributed by atoms with Crippen LogP contribution >= 0.6 is 46.5 Å². The number of benzene rings is 1. The Morgan fingerprint density at radius 3 is 2.89 bits per heavy atom. The summed E-state index contributed by atoms with van der Waals surface area (Å²) in [7, 11) is 0. The van der Waals surface area contributed by atoms with Gasteiger partial charge in [-0.1, -0.05) is 39.5 Å². The Hall–Kier alpha value is -0.820. The van der Waals surface area contributed by atoms with Crippen LogP contribution in [0, 0.1) is 0 Å². The van der Waals surface area contributed by atoms with Gasteiger partial charge in [0.05, 0.1) is 16.7 Å². The molecule has 1 heterocycles. The molecule has 19 heavy (non-hydrogen) atoms. The minimum atomic E-state index is -0.473. The van der Waals surface area contributed by atoms with Crippen molar-refractivity contribution in [2.45, 2.75) is 16.0 Å². The first-order chi connectivity index (χ1) is 9.11. The highest BCUT2D eigenvalue weighted by molar-refractivity contribution is 8.01. The number of ether oxygens (including phenoxy) is 1. The number of nitrogens with zero attached hydrogens (tertiary/aromatic N) is 2. The largest absolute Gasteiger partial charge is 0.461 e. The summed E-state index contributed by atoms with van der Waals surface area (Å²) in [5, 5.41) is 4.73. The molecule has 0 atom stereocenters. The Morgan fingerprint density at radius 2 is 2.21 bits per heavy atom. The van der Waals surface area contributed by atoms with E-state index in [0.717, 1.165) is 16.4 Å². The van der Waals surface area contributed by atoms with Gasteiger partial charge in [-0.15, -0.1) is 5.10 Å². The van der Waals surface area contributed by atoms with E-state index in [2.05, 4.69) is 9.59 Å². The van der Waals surface area contributed by atoms with Gasteiger partial charge < -0.3 is 4.74 Å². The van der Waals surface area contributed by atoms with Crippen LogP contribution in [0.2, 0.25) is 10.0 Å². The highest BCUT2D eigenvalue weighted by atomic mass is 35.5. The predicted octanol–water partition coefficient (Wildman–Crippen LogP) is 4.17. The maximum Gasteiger partial charge on any atom is 0.361 e. The summed E-state index contributed by atoms with van der Waals surface area (Å²) in [6.07, 6.45) is 0. The summed E-state index contributed by atoms with van der Waals surface area (Å²) in [4.78, 5) is 12.5. The van der Waals surface area contributed by atoms with E-state index < -0.39 is 5.97 Å². The van der Waals surface area contributed by atoms with Gasteiger partial charge in [0.25, 0.3) is 0 Å². The number of aromatic nitrogens is 2. The third-order valence-corrected chi connectivity index (χ3v) is 4.63. The lowest BCUT2D eigenvalue weighted by Crippen LogP contribution is -2.06. The number of esters is 1. The van der Waals surface area contributed by atoms with Crippen molar-refractivity contribution in [3.63, 3.8) is 0 Å². The molecule has 0 radical (unpaired) electrons. The van der Waals surface area contributed by atoms with E-state index in [9.17, 15) is 4.79 Å². The van der Waals surface area contributed by atoms with E-state index in [4.69, 9.17) is 27.9 Å². The molecule has 8 heteroatoms. The zero-order valence-electron chi connectivity index (χ0n) is 9.72. The Kier molecular flexibility index (Phi) is 5.04. The Balaban J connectivity index is 2.21. The molecule has 0 amide bonds. The Labute approximate surface area is 128 Å². The third-order valence-electron chi connectivity index (χ3n) is 2.03. The van der Waals surface area contributed by atoms with Gasteiger partial charge in [0.2, 0.25) is 0 Å². The minimum Gasteiger partial charge on any atom is -0.461 e. The summed E-state index contributed by atoms with van der Waals surface area (Å²) < 4.78 is 9.35. The lowest BCUT2D eigenvalue weighted by molar-refractivity contribution is 0.0515. The highest BCUT2D eigenvalue weighted by Gasteiger charge is 2.18. The molecule has 0 spiro atoms. The van der Waals surface area contributed by atoms with Crippen LogP contribution in [0.25, 0.3) is 0 Å². The highest BCUT2D eigenvalue weighted by Crippen LogP contribution is 2.35. The number of halogens is 2. The van der Waals surface area contributed by atoms with Crippen molar-refractivity contribution in [2.24, 2.45) is 0 Å². The fourth-order valence-electron chi connectivity index (χ4n) is 1.22. The lowest BCUT2D eigenvalue weighted by atomic mass is 10.4. The minimum absolute atomic E-state index is 0.225. The number of rotatable bonds is 4. The number of hydrogen-bond acceptors (Lipinski definition) is 6. The molecule has 0 fully saturated rings. The third kappa shape index (κ3) is 3.60. The fourth-order valence-corrected chi connectivity index (χ4v) is 3.28. The second-order valence-electron chi connectivity index (χ2n) is 3.31. The monoisotopic (exact) mass is 334 g/mol. The normalized spacial score (nSPS) is 10.5. The maximum absolute atomic E-state index is 11.7. The number of carbonyl (C=O) groups excluding carboxylic acids is 1. The van der Waals surface area contributed by atoms with Gasteiger partial charge in [-0.2, -0.15) is 0 Å². The van der Waals surface area contributed by atoms with Gasteiger partial charge in [-0.3, -0.25) is 0 Å². The summed E-state index contributed by atoms with van der Waals surface area (Å²) in [6.45, 7) is 2.04.